The van der Waals surface area contributed by atoms with Crippen molar-refractivity contribution in [1.82, 2.24) is 5.32 Å². The predicted octanol–water partition coefficient (Wildman–Crippen LogP) is 3.14. The molecule has 0 spiro atoms. The molecule has 0 aliphatic carbocycles. The SMILES string of the molecule is Cc1ccc(C(C)NCc2ccccc2C(=O)O)o1. The zero-order chi connectivity index (χ0) is 13.8. The lowest BCUT2D eigenvalue weighted by molar-refractivity contribution is 0.0695. The van der Waals surface area contributed by atoms with Gasteiger partial charge in [0.25, 0.3) is 0 Å². The van der Waals surface area contributed by atoms with E-state index in [4.69, 9.17) is 9.52 Å². The van der Waals surface area contributed by atoms with Crippen LogP contribution in [0.2, 0.25) is 0 Å². The van der Waals surface area contributed by atoms with Crippen LogP contribution in [0.25, 0.3) is 0 Å². The smallest absolute Gasteiger partial charge is 0.336 e. The van der Waals surface area contributed by atoms with Crippen molar-refractivity contribution in [3.63, 3.8) is 0 Å². The summed E-state index contributed by atoms with van der Waals surface area (Å²) in [5.74, 6) is 0.818. The largest absolute Gasteiger partial charge is 0.478 e. The molecular weight excluding hydrogens is 242 g/mol. The number of aromatic carboxylic acids is 1. The van der Waals surface area contributed by atoms with Gasteiger partial charge in [-0.25, -0.2) is 4.79 Å². The van der Waals surface area contributed by atoms with Crippen LogP contribution in [0.5, 0.6) is 0 Å². The number of hydrogen-bond acceptors (Lipinski definition) is 3. The van der Waals surface area contributed by atoms with E-state index in [1.54, 1.807) is 12.1 Å². The topological polar surface area (TPSA) is 62.5 Å². The van der Waals surface area contributed by atoms with Crippen LogP contribution in [0.4, 0.5) is 0 Å². The quantitative estimate of drug-likeness (QED) is 0.866. The molecule has 1 aromatic carbocycles. The fourth-order valence-corrected chi connectivity index (χ4v) is 1.93. The summed E-state index contributed by atoms with van der Waals surface area (Å²) in [6.07, 6.45) is 0. The van der Waals surface area contributed by atoms with Crippen LogP contribution in [0.15, 0.2) is 40.8 Å². The molecule has 1 atom stereocenters. The fraction of sp³-hybridized carbons (Fsp3) is 0.267. The summed E-state index contributed by atoms with van der Waals surface area (Å²) in [5, 5.41) is 12.4. The molecule has 1 unspecified atom stereocenters. The van der Waals surface area contributed by atoms with Crippen LogP contribution in [0, 0.1) is 6.92 Å². The van der Waals surface area contributed by atoms with Gasteiger partial charge < -0.3 is 14.8 Å². The lowest BCUT2D eigenvalue weighted by atomic mass is 10.1. The van der Waals surface area contributed by atoms with Crippen molar-refractivity contribution in [1.29, 1.82) is 0 Å². The van der Waals surface area contributed by atoms with E-state index in [1.165, 1.54) is 0 Å². The van der Waals surface area contributed by atoms with E-state index in [9.17, 15) is 4.79 Å². The Kier molecular flexibility index (Phi) is 4.02. The third-order valence-electron chi connectivity index (χ3n) is 3.03. The van der Waals surface area contributed by atoms with Crippen LogP contribution in [0.1, 0.15) is 40.4 Å². The molecule has 0 bridgehead atoms. The van der Waals surface area contributed by atoms with Crippen molar-refractivity contribution in [3.8, 4) is 0 Å². The minimum Gasteiger partial charge on any atom is -0.478 e. The Labute approximate surface area is 112 Å². The van der Waals surface area contributed by atoms with Crippen molar-refractivity contribution in [2.24, 2.45) is 0 Å². The highest BCUT2D eigenvalue weighted by atomic mass is 16.4. The molecule has 100 valence electrons. The standard InChI is InChI=1S/C15H17NO3/c1-10-7-8-14(19-10)11(2)16-9-12-5-3-4-6-13(12)15(17)18/h3-8,11,16H,9H2,1-2H3,(H,17,18). The first-order valence-electron chi connectivity index (χ1n) is 6.19. The van der Waals surface area contributed by atoms with E-state index < -0.39 is 5.97 Å². The van der Waals surface area contributed by atoms with Crippen molar-refractivity contribution < 1.29 is 14.3 Å². The van der Waals surface area contributed by atoms with Crippen LogP contribution in [0.3, 0.4) is 0 Å². The normalized spacial score (nSPS) is 12.3. The number of carboxylic acid groups (broad SMARTS) is 1. The molecule has 0 aliphatic rings. The number of benzene rings is 1. The molecule has 2 N–H and O–H groups in total. The zero-order valence-corrected chi connectivity index (χ0v) is 11.0. The number of nitrogens with one attached hydrogen (secondary N) is 1. The molecule has 19 heavy (non-hydrogen) atoms. The second kappa shape index (κ2) is 5.71. The molecule has 0 saturated heterocycles. The fourth-order valence-electron chi connectivity index (χ4n) is 1.93. The second-order valence-corrected chi connectivity index (χ2v) is 4.51. The molecule has 0 amide bonds. The average Bonchev–Trinajstić information content (AvgIpc) is 2.83. The lowest BCUT2D eigenvalue weighted by Gasteiger charge is -2.12. The molecule has 0 saturated carbocycles. The van der Waals surface area contributed by atoms with E-state index in [0.717, 1.165) is 17.1 Å². The Morgan fingerprint density at radius 1 is 1.32 bits per heavy atom. The highest BCUT2D eigenvalue weighted by Gasteiger charge is 2.12. The molecular formula is C15H17NO3. The lowest BCUT2D eigenvalue weighted by Crippen LogP contribution is -2.19. The molecule has 0 aliphatic heterocycles. The van der Waals surface area contributed by atoms with E-state index in [-0.39, 0.29) is 6.04 Å². The van der Waals surface area contributed by atoms with Crippen LogP contribution >= 0.6 is 0 Å². The van der Waals surface area contributed by atoms with Gasteiger partial charge in [-0.3, -0.25) is 0 Å². The molecule has 2 aromatic rings. The number of aryl methyl sites for hydroxylation is 1. The molecule has 4 nitrogen and oxygen atoms in total. The zero-order valence-electron chi connectivity index (χ0n) is 11.0. The van der Waals surface area contributed by atoms with Crippen molar-refractivity contribution >= 4 is 5.97 Å². The number of rotatable bonds is 5. The molecule has 1 heterocycles. The van der Waals surface area contributed by atoms with E-state index >= 15 is 0 Å². The molecule has 1 aromatic heterocycles. The maximum Gasteiger partial charge on any atom is 0.336 e. The summed E-state index contributed by atoms with van der Waals surface area (Å²) in [7, 11) is 0. The number of carboxylic acids is 1. The van der Waals surface area contributed by atoms with Crippen LogP contribution in [-0.2, 0) is 6.54 Å². The van der Waals surface area contributed by atoms with E-state index in [0.29, 0.717) is 12.1 Å². The molecule has 0 fully saturated rings. The van der Waals surface area contributed by atoms with Crippen LogP contribution in [-0.4, -0.2) is 11.1 Å². The van der Waals surface area contributed by atoms with Gasteiger partial charge in [0.1, 0.15) is 11.5 Å². The van der Waals surface area contributed by atoms with Crippen molar-refractivity contribution in [2.45, 2.75) is 26.4 Å². The minimum atomic E-state index is -0.904. The first kappa shape index (κ1) is 13.4. The molecule has 0 radical (unpaired) electrons. The van der Waals surface area contributed by atoms with Gasteiger partial charge in [-0.1, -0.05) is 18.2 Å². The van der Waals surface area contributed by atoms with Gasteiger partial charge in [0, 0.05) is 6.54 Å². The van der Waals surface area contributed by atoms with Gasteiger partial charge >= 0.3 is 5.97 Å². The maximum absolute atomic E-state index is 11.1. The first-order valence-corrected chi connectivity index (χ1v) is 6.19. The Hall–Kier alpha value is -2.07. The maximum atomic E-state index is 11.1. The second-order valence-electron chi connectivity index (χ2n) is 4.51. The van der Waals surface area contributed by atoms with E-state index in [1.807, 2.05) is 38.1 Å². The number of carbonyl (C=O) groups is 1. The Morgan fingerprint density at radius 3 is 2.68 bits per heavy atom. The highest BCUT2D eigenvalue weighted by molar-refractivity contribution is 5.89. The van der Waals surface area contributed by atoms with Crippen molar-refractivity contribution in [3.05, 3.63) is 59.0 Å². The van der Waals surface area contributed by atoms with Crippen LogP contribution < -0.4 is 5.32 Å². The summed E-state index contributed by atoms with van der Waals surface area (Å²) in [6.45, 7) is 4.38. The average molecular weight is 259 g/mol. The van der Waals surface area contributed by atoms with Gasteiger partial charge in [0.05, 0.1) is 11.6 Å². The predicted molar refractivity (Wildman–Crippen MR) is 72.1 cm³/mol. The van der Waals surface area contributed by atoms with Gasteiger partial charge in [-0.2, -0.15) is 0 Å². The van der Waals surface area contributed by atoms with Gasteiger partial charge in [0.2, 0.25) is 0 Å². The van der Waals surface area contributed by atoms with Gasteiger partial charge in [0.15, 0.2) is 0 Å². The summed E-state index contributed by atoms with van der Waals surface area (Å²) in [5.41, 5.74) is 1.10. The monoisotopic (exact) mass is 259 g/mol. The third-order valence-corrected chi connectivity index (χ3v) is 3.03. The summed E-state index contributed by atoms with van der Waals surface area (Å²) in [4.78, 5) is 11.1. The van der Waals surface area contributed by atoms with Gasteiger partial charge in [-0.05, 0) is 37.6 Å². The summed E-state index contributed by atoms with van der Waals surface area (Å²) >= 11 is 0. The third kappa shape index (κ3) is 3.23. The Balaban J connectivity index is 2.05. The Bertz CT molecular complexity index is 574. The number of hydrogen-bond donors (Lipinski definition) is 2. The van der Waals surface area contributed by atoms with E-state index in [2.05, 4.69) is 5.32 Å². The first-order chi connectivity index (χ1) is 9.08. The van der Waals surface area contributed by atoms with Gasteiger partial charge in [-0.15, -0.1) is 0 Å². The summed E-state index contributed by atoms with van der Waals surface area (Å²) in [6, 6.07) is 10.9. The van der Waals surface area contributed by atoms with Crippen molar-refractivity contribution in [2.75, 3.05) is 0 Å². The summed E-state index contributed by atoms with van der Waals surface area (Å²) < 4.78 is 5.53. The number of furan rings is 1. The molecule has 4 heteroatoms. The molecule has 2 rings (SSSR count). The highest BCUT2D eigenvalue weighted by Crippen LogP contribution is 2.17. The Morgan fingerprint density at radius 2 is 2.05 bits per heavy atom. The minimum absolute atomic E-state index is 0.0375.